The number of aromatic nitrogens is 2. The lowest BCUT2D eigenvalue weighted by Crippen LogP contribution is -2.50. The summed E-state index contributed by atoms with van der Waals surface area (Å²) >= 11 is 0. The van der Waals surface area contributed by atoms with Crippen LogP contribution in [-0.2, 0) is 9.47 Å². The Morgan fingerprint density at radius 1 is 1.24 bits per heavy atom. The van der Waals surface area contributed by atoms with Gasteiger partial charge in [0.1, 0.15) is 0 Å². The van der Waals surface area contributed by atoms with Gasteiger partial charge in [0.15, 0.2) is 0 Å². The maximum atomic E-state index is 12.6. The summed E-state index contributed by atoms with van der Waals surface area (Å²) in [6.45, 7) is 4.96. The molecule has 3 aliphatic rings. The molecule has 6 nitrogen and oxygen atoms in total. The number of ether oxygens (including phenoxy) is 2. The third kappa shape index (κ3) is 3.85. The van der Waals surface area contributed by atoms with Gasteiger partial charge in [-0.05, 0) is 49.5 Å². The molecule has 4 rings (SSSR count). The lowest BCUT2D eigenvalue weighted by Gasteiger charge is -2.49. The van der Waals surface area contributed by atoms with Crippen LogP contribution >= 0.6 is 0 Å². The van der Waals surface area contributed by atoms with Crippen LogP contribution in [0.3, 0.4) is 0 Å². The normalized spacial score (nSPS) is 25.9. The van der Waals surface area contributed by atoms with E-state index in [0.717, 1.165) is 64.7 Å². The highest BCUT2D eigenvalue weighted by molar-refractivity contribution is 5.93. The van der Waals surface area contributed by atoms with Crippen molar-refractivity contribution in [2.24, 2.45) is 17.3 Å². The molecule has 0 aromatic carbocycles. The van der Waals surface area contributed by atoms with Crippen molar-refractivity contribution in [1.82, 2.24) is 15.1 Å². The van der Waals surface area contributed by atoms with Gasteiger partial charge in [-0.1, -0.05) is 0 Å². The van der Waals surface area contributed by atoms with Crippen LogP contribution < -0.4 is 0 Å². The van der Waals surface area contributed by atoms with Crippen molar-refractivity contribution in [3.8, 4) is 0 Å². The van der Waals surface area contributed by atoms with Crippen LogP contribution in [0.15, 0.2) is 18.5 Å². The number of piperidine rings is 1. The average Bonchev–Trinajstić information content (AvgIpc) is 3.49. The highest BCUT2D eigenvalue weighted by atomic mass is 16.5. The van der Waals surface area contributed by atoms with E-state index in [1.165, 1.54) is 12.8 Å². The number of rotatable bonds is 5. The second kappa shape index (κ2) is 7.38. The van der Waals surface area contributed by atoms with Crippen molar-refractivity contribution in [2.75, 3.05) is 39.5 Å². The molecule has 3 heterocycles. The fourth-order valence-corrected chi connectivity index (χ4v) is 4.18. The number of carbonyl (C=O) groups is 1. The number of carbonyl (C=O) groups excluding carboxylic acids is 1. The molecular weight excluding hydrogens is 318 g/mol. The van der Waals surface area contributed by atoms with Crippen LogP contribution in [0, 0.1) is 17.3 Å². The average molecular weight is 345 g/mol. The second-order valence-electron chi connectivity index (χ2n) is 7.79. The Morgan fingerprint density at radius 2 is 2.08 bits per heavy atom. The molecule has 1 atom stereocenters. The molecule has 25 heavy (non-hydrogen) atoms. The maximum absolute atomic E-state index is 12.6. The summed E-state index contributed by atoms with van der Waals surface area (Å²) in [6, 6.07) is 1.74. The highest BCUT2D eigenvalue weighted by Crippen LogP contribution is 2.45. The zero-order valence-electron chi connectivity index (χ0n) is 14.7. The first-order valence-electron chi connectivity index (χ1n) is 9.48. The minimum atomic E-state index is 0.0679. The third-order valence-electron chi connectivity index (χ3n) is 6.18. The molecule has 1 unspecified atom stereocenters. The Bertz CT molecular complexity index is 583. The van der Waals surface area contributed by atoms with Gasteiger partial charge in [-0.15, -0.1) is 0 Å². The molecule has 1 spiro atoms. The molecule has 3 fully saturated rings. The number of likely N-dealkylation sites (tertiary alicyclic amines) is 1. The standard InChI is InChI=1S/C19H27N3O3/c23-18(16-3-7-20-21-11-16)22-8-4-19(5-9-22)6-10-24-13-17(19)14-25-12-15-1-2-15/h3,7,11,15,17H,1-2,4-6,8-10,12-14H2. The summed E-state index contributed by atoms with van der Waals surface area (Å²) < 4.78 is 11.7. The third-order valence-corrected chi connectivity index (χ3v) is 6.18. The Morgan fingerprint density at radius 3 is 2.80 bits per heavy atom. The number of amides is 1. The van der Waals surface area contributed by atoms with E-state index in [0.29, 0.717) is 11.5 Å². The molecule has 2 aliphatic heterocycles. The van der Waals surface area contributed by atoms with Crippen LogP contribution in [0.4, 0.5) is 0 Å². The Balaban J connectivity index is 1.35. The predicted octanol–water partition coefficient (Wildman–Crippen LogP) is 2.16. The fraction of sp³-hybridized carbons (Fsp3) is 0.737. The molecule has 1 aliphatic carbocycles. The van der Waals surface area contributed by atoms with Gasteiger partial charge in [0.25, 0.3) is 5.91 Å². The molecule has 6 heteroatoms. The first kappa shape index (κ1) is 16.9. The minimum absolute atomic E-state index is 0.0679. The highest BCUT2D eigenvalue weighted by Gasteiger charge is 2.44. The topological polar surface area (TPSA) is 64.6 Å². The van der Waals surface area contributed by atoms with E-state index < -0.39 is 0 Å². The Kier molecular flexibility index (Phi) is 4.99. The van der Waals surface area contributed by atoms with Gasteiger partial charge in [0.05, 0.1) is 31.2 Å². The van der Waals surface area contributed by atoms with Crippen LogP contribution in [0.5, 0.6) is 0 Å². The van der Waals surface area contributed by atoms with E-state index in [1.807, 2.05) is 4.90 Å². The van der Waals surface area contributed by atoms with Crippen LogP contribution in [0.2, 0.25) is 0 Å². The van der Waals surface area contributed by atoms with Gasteiger partial charge in [0.2, 0.25) is 0 Å². The monoisotopic (exact) mass is 345 g/mol. The second-order valence-corrected chi connectivity index (χ2v) is 7.79. The molecule has 136 valence electrons. The molecular formula is C19H27N3O3. The van der Waals surface area contributed by atoms with Crippen molar-refractivity contribution in [1.29, 1.82) is 0 Å². The van der Waals surface area contributed by atoms with Crippen LogP contribution in [0.1, 0.15) is 42.5 Å². The van der Waals surface area contributed by atoms with E-state index in [4.69, 9.17) is 9.47 Å². The van der Waals surface area contributed by atoms with Gasteiger partial charge < -0.3 is 14.4 Å². The van der Waals surface area contributed by atoms with E-state index >= 15 is 0 Å². The summed E-state index contributed by atoms with van der Waals surface area (Å²) in [5, 5.41) is 7.57. The largest absolute Gasteiger partial charge is 0.381 e. The van der Waals surface area contributed by atoms with E-state index in [-0.39, 0.29) is 11.3 Å². The van der Waals surface area contributed by atoms with Crippen molar-refractivity contribution >= 4 is 5.91 Å². The molecule has 0 N–H and O–H groups in total. The van der Waals surface area contributed by atoms with Crippen molar-refractivity contribution < 1.29 is 14.3 Å². The van der Waals surface area contributed by atoms with E-state index in [2.05, 4.69) is 10.2 Å². The van der Waals surface area contributed by atoms with E-state index in [9.17, 15) is 4.79 Å². The van der Waals surface area contributed by atoms with Gasteiger partial charge in [-0.3, -0.25) is 4.79 Å². The number of hydrogen-bond donors (Lipinski definition) is 0. The van der Waals surface area contributed by atoms with Crippen LogP contribution in [-0.4, -0.2) is 60.5 Å². The SMILES string of the molecule is O=C(c1ccnnc1)N1CCC2(CCOCC2COCC2CC2)CC1. The summed E-state index contributed by atoms with van der Waals surface area (Å²) in [5.41, 5.74) is 0.900. The smallest absolute Gasteiger partial charge is 0.255 e. The minimum Gasteiger partial charge on any atom is -0.381 e. The zero-order chi connectivity index (χ0) is 17.1. The maximum Gasteiger partial charge on any atom is 0.255 e. The molecule has 0 bridgehead atoms. The van der Waals surface area contributed by atoms with Gasteiger partial charge in [0, 0.05) is 32.2 Å². The first-order chi connectivity index (χ1) is 12.3. The Hall–Kier alpha value is -1.53. The van der Waals surface area contributed by atoms with Crippen molar-refractivity contribution in [2.45, 2.75) is 32.1 Å². The summed E-state index contributed by atoms with van der Waals surface area (Å²) in [5.74, 6) is 1.33. The van der Waals surface area contributed by atoms with Gasteiger partial charge in [-0.2, -0.15) is 10.2 Å². The van der Waals surface area contributed by atoms with Gasteiger partial charge in [-0.25, -0.2) is 0 Å². The summed E-state index contributed by atoms with van der Waals surface area (Å²) in [6.07, 6.45) is 8.94. The van der Waals surface area contributed by atoms with E-state index in [1.54, 1.807) is 18.5 Å². The predicted molar refractivity (Wildman–Crippen MR) is 92.1 cm³/mol. The molecule has 1 aromatic rings. The van der Waals surface area contributed by atoms with Gasteiger partial charge >= 0.3 is 0 Å². The lowest BCUT2D eigenvalue weighted by atomic mass is 9.66. The lowest BCUT2D eigenvalue weighted by molar-refractivity contribution is -0.0975. The van der Waals surface area contributed by atoms with Crippen molar-refractivity contribution in [3.05, 3.63) is 24.0 Å². The fourth-order valence-electron chi connectivity index (χ4n) is 4.18. The van der Waals surface area contributed by atoms with Crippen molar-refractivity contribution in [3.63, 3.8) is 0 Å². The first-order valence-corrected chi connectivity index (χ1v) is 9.48. The molecule has 2 saturated heterocycles. The number of nitrogens with zero attached hydrogens (tertiary/aromatic N) is 3. The molecule has 0 radical (unpaired) electrons. The quantitative estimate of drug-likeness (QED) is 0.818. The molecule has 1 aromatic heterocycles. The molecule has 1 amide bonds. The van der Waals surface area contributed by atoms with Crippen LogP contribution in [0.25, 0.3) is 0 Å². The zero-order valence-corrected chi connectivity index (χ0v) is 14.7. The molecule has 1 saturated carbocycles. The number of hydrogen-bond acceptors (Lipinski definition) is 5. The Labute approximate surface area is 148 Å². The summed E-state index contributed by atoms with van der Waals surface area (Å²) in [7, 11) is 0. The summed E-state index contributed by atoms with van der Waals surface area (Å²) in [4.78, 5) is 14.6.